The number of halogens is 1. The predicted molar refractivity (Wildman–Crippen MR) is 261 cm³/mol. The van der Waals surface area contributed by atoms with E-state index in [1.54, 1.807) is 55.4 Å². The van der Waals surface area contributed by atoms with Gasteiger partial charge >= 0.3 is 0 Å². The van der Waals surface area contributed by atoms with Crippen molar-refractivity contribution in [2.45, 2.75) is 90.4 Å². The van der Waals surface area contributed by atoms with Crippen molar-refractivity contribution in [2.24, 2.45) is 5.41 Å². The Hall–Kier alpha value is -6.51. The second-order valence-corrected chi connectivity index (χ2v) is 19.2. The molecule has 2 N–H and O–H groups in total. The van der Waals surface area contributed by atoms with Crippen LogP contribution in [0.5, 0.6) is 5.88 Å². The number of carbonyl (C=O) groups excluding carboxylic acids is 4. The van der Waals surface area contributed by atoms with Gasteiger partial charge in [0.05, 0.1) is 41.2 Å². The van der Waals surface area contributed by atoms with Crippen molar-refractivity contribution >= 4 is 63.8 Å². The molecule has 0 bridgehead atoms. The third-order valence-corrected chi connectivity index (χ3v) is 12.7. The summed E-state index contributed by atoms with van der Waals surface area (Å²) in [4.78, 5) is 67.2. The number of likely N-dealkylation sites (tertiary alicyclic amines) is 1. The van der Waals surface area contributed by atoms with Crippen LogP contribution in [0.4, 0.5) is 11.4 Å². The third kappa shape index (κ3) is 11.3. The number of hydrogen-bond acceptors (Lipinski definition) is 12. The van der Waals surface area contributed by atoms with Crippen LogP contribution >= 0.6 is 23.8 Å². The summed E-state index contributed by atoms with van der Waals surface area (Å²) in [5.74, 6) is -0.134. The van der Waals surface area contributed by atoms with Gasteiger partial charge < -0.3 is 34.1 Å². The maximum absolute atomic E-state index is 14.0. The van der Waals surface area contributed by atoms with Crippen LogP contribution in [0.2, 0.25) is 5.02 Å². The highest BCUT2D eigenvalue weighted by molar-refractivity contribution is 7.81. The Morgan fingerprint density at radius 1 is 0.985 bits per heavy atom. The largest absolute Gasteiger partial charge is 0.478 e. The van der Waals surface area contributed by atoms with E-state index in [4.69, 9.17) is 37.7 Å². The molecule has 68 heavy (non-hydrogen) atoms. The molecule has 0 unspecified atom stereocenters. The molecule has 0 radical (unpaired) electrons. The van der Waals surface area contributed by atoms with Crippen molar-refractivity contribution in [3.63, 3.8) is 0 Å². The summed E-state index contributed by atoms with van der Waals surface area (Å²) in [6.45, 7) is 9.56. The Balaban J connectivity index is 0.831. The number of aryl methyl sites for hydroxylation is 1. The van der Waals surface area contributed by atoms with Gasteiger partial charge in [0.2, 0.25) is 17.7 Å². The molecule has 0 saturated carbocycles. The fourth-order valence-electron chi connectivity index (χ4n) is 8.28. The molecule has 2 aliphatic rings. The topological polar surface area (TPSA) is 191 Å². The number of ether oxygens (including phenoxy) is 2. The number of oxazole rings is 1. The maximum Gasteiger partial charge on any atom is 0.259 e. The average Bonchev–Trinajstić information content (AvgIpc) is 4.04. The number of Topliss-reactive ketones (excluding diaryl/α,β-unsaturated/α-hetero) is 1. The molecule has 0 aliphatic carbocycles. The summed E-state index contributed by atoms with van der Waals surface area (Å²) in [5, 5.41) is 23.2. The lowest BCUT2D eigenvalue weighted by Gasteiger charge is -2.35. The number of ketones is 1. The number of nitrogens with one attached hydrogen (secondary N) is 1. The molecule has 2 aliphatic heterocycles. The van der Waals surface area contributed by atoms with E-state index in [1.807, 2.05) is 81.4 Å². The van der Waals surface area contributed by atoms with Crippen LogP contribution in [0.3, 0.4) is 0 Å². The first-order valence-electron chi connectivity index (χ1n) is 22.4. The molecule has 0 spiro atoms. The number of aromatic nitrogens is 2. The molecule has 354 valence electrons. The van der Waals surface area contributed by atoms with Gasteiger partial charge in [-0.05, 0) is 98.3 Å². The lowest BCUT2D eigenvalue weighted by Crippen LogP contribution is -2.57. The van der Waals surface area contributed by atoms with E-state index in [0.29, 0.717) is 60.5 Å². The molecule has 3 atom stereocenters. The summed E-state index contributed by atoms with van der Waals surface area (Å²) in [6.07, 6.45) is 5.93. The van der Waals surface area contributed by atoms with Crippen LogP contribution in [0.15, 0.2) is 102 Å². The molecule has 2 aromatic heterocycles. The van der Waals surface area contributed by atoms with Crippen LogP contribution in [0, 0.1) is 16.7 Å². The van der Waals surface area contributed by atoms with Gasteiger partial charge in [-0.25, -0.2) is 9.97 Å². The van der Waals surface area contributed by atoms with Gasteiger partial charge in [0, 0.05) is 55.1 Å². The number of unbranched alkanes of at least 4 members (excludes halogenated alkanes) is 1. The molecule has 2 fully saturated rings. The number of anilines is 2. The minimum absolute atomic E-state index is 0.00857. The van der Waals surface area contributed by atoms with Gasteiger partial charge in [-0.3, -0.25) is 24.1 Å². The number of aliphatic hydroxyl groups excluding tert-OH is 1. The molecule has 3 amide bonds. The van der Waals surface area contributed by atoms with E-state index in [1.165, 1.54) is 16.2 Å². The standard InChI is InChI=1S/C51H54ClN7O8S/c1-50(2,3)46(47(63)57-29-39(60)25-41(57)42(61)20-10-32-8-11-34(12-9-32)43-28-54-31-67-43)56-44(62)30-65-22-6-7-23-66-45-21-16-36(27-55-45)33-13-17-37(18-14-33)59-49(68)58(48(64)51(59,4)5)38-19-15-35(26-53)40(52)24-38/h8-9,11-19,21,24,27-28,31,39,41,46,60H,6-7,10,20,22-23,25,29-30H2,1-5H3,(H,56,62)/t39-,41+,46-/m1/s1. The molecule has 7 rings (SSSR count). The van der Waals surface area contributed by atoms with E-state index in [2.05, 4.69) is 15.3 Å². The molecule has 15 nitrogen and oxygen atoms in total. The van der Waals surface area contributed by atoms with E-state index in [9.17, 15) is 29.5 Å². The van der Waals surface area contributed by atoms with Crippen molar-refractivity contribution < 1.29 is 38.2 Å². The number of amides is 3. The quantitative estimate of drug-likeness (QED) is 0.0642. The molecular weight excluding hydrogens is 906 g/mol. The fraction of sp³-hybridized carbons (Fsp3) is 0.373. The van der Waals surface area contributed by atoms with Crippen LogP contribution < -0.4 is 19.9 Å². The van der Waals surface area contributed by atoms with E-state index < -0.39 is 41.0 Å². The monoisotopic (exact) mass is 959 g/mol. The number of nitriles is 1. The molecule has 17 heteroatoms. The Morgan fingerprint density at radius 2 is 1.68 bits per heavy atom. The number of hydrogen-bond donors (Lipinski definition) is 2. The summed E-state index contributed by atoms with van der Waals surface area (Å²) in [7, 11) is 0. The molecule has 5 aromatic rings. The SMILES string of the molecule is CC(C)(C)[C@H](NC(=O)COCCCCOc1ccc(-c2ccc(N3C(=S)N(c4ccc(C#N)c(Cl)c4)C(=O)C3(C)C)cc2)cn1)C(=O)N1C[C@H](O)C[C@H]1C(=O)CCc1ccc(-c2cnco2)cc1. The van der Waals surface area contributed by atoms with E-state index in [-0.39, 0.29) is 42.7 Å². The summed E-state index contributed by atoms with van der Waals surface area (Å²) in [5.41, 5.74) is 3.45. The van der Waals surface area contributed by atoms with Crippen molar-refractivity contribution in [1.29, 1.82) is 5.26 Å². The van der Waals surface area contributed by atoms with Crippen LogP contribution in [-0.2, 0) is 30.3 Å². The smallest absolute Gasteiger partial charge is 0.259 e. The first-order chi connectivity index (χ1) is 32.5. The predicted octanol–water partition coefficient (Wildman–Crippen LogP) is 7.72. The Bertz CT molecular complexity index is 2670. The molecule has 4 heterocycles. The number of β-amino-alcohol motifs (C(OH)–C–C–N with tert-alkyl or cyclic N) is 1. The number of thiocarbonyl (C=S) groups is 1. The minimum Gasteiger partial charge on any atom is -0.478 e. The lowest BCUT2D eigenvalue weighted by atomic mass is 9.85. The third-order valence-electron chi connectivity index (χ3n) is 12.0. The number of rotatable bonds is 18. The zero-order valence-electron chi connectivity index (χ0n) is 38.6. The molecular formula is C51H54ClN7O8S. The van der Waals surface area contributed by atoms with Gasteiger partial charge in [-0.1, -0.05) is 68.8 Å². The fourth-order valence-corrected chi connectivity index (χ4v) is 9.02. The zero-order chi connectivity index (χ0) is 48.8. The molecule has 2 saturated heterocycles. The number of pyridine rings is 1. The highest BCUT2D eigenvalue weighted by Crippen LogP contribution is 2.38. The number of aliphatic hydroxyl groups is 1. The zero-order valence-corrected chi connectivity index (χ0v) is 40.2. The second-order valence-electron chi connectivity index (χ2n) is 18.4. The van der Waals surface area contributed by atoms with Crippen molar-refractivity contribution in [3.05, 3.63) is 114 Å². The van der Waals surface area contributed by atoms with Crippen LogP contribution in [0.1, 0.15) is 71.4 Å². The van der Waals surface area contributed by atoms with E-state index in [0.717, 1.165) is 27.9 Å². The van der Waals surface area contributed by atoms with Crippen LogP contribution in [-0.4, -0.2) is 98.7 Å². The maximum atomic E-state index is 14.0. The van der Waals surface area contributed by atoms with Gasteiger partial charge in [0.25, 0.3) is 5.91 Å². The molecule has 3 aromatic carbocycles. The summed E-state index contributed by atoms with van der Waals surface area (Å²) >= 11 is 12.1. The van der Waals surface area contributed by atoms with Gasteiger partial charge in [0.1, 0.15) is 24.3 Å². The van der Waals surface area contributed by atoms with Gasteiger partial charge in [-0.2, -0.15) is 5.26 Å². The Kier molecular flexibility index (Phi) is 15.4. The Morgan fingerprint density at radius 3 is 2.32 bits per heavy atom. The van der Waals surface area contributed by atoms with Gasteiger partial charge in [0.15, 0.2) is 23.0 Å². The van der Waals surface area contributed by atoms with Crippen LogP contribution in [0.25, 0.3) is 22.5 Å². The lowest BCUT2D eigenvalue weighted by molar-refractivity contribution is -0.144. The first-order valence-corrected chi connectivity index (χ1v) is 23.2. The number of carbonyl (C=O) groups is 4. The Labute approximate surface area is 406 Å². The van der Waals surface area contributed by atoms with Gasteiger partial charge in [-0.15, -0.1) is 0 Å². The first kappa shape index (κ1) is 49.4. The summed E-state index contributed by atoms with van der Waals surface area (Å²) in [6, 6.07) is 24.1. The van der Waals surface area contributed by atoms with E-state index >= 15 is 0 Å². The van der Waals surface area contributed by atoms with Crippen molar-refractivity contribution in [2.75, 3.05) is 36.2 Å². The highest BCUT2D eigenvalue weighted by Gasteiger charge is 2.50. The minimum atomic E-state index is -0.982. The number of benzene rings is 3. The second kappa shape index (κ2) is 21.2. The summed E-state index contributed by atoms with van der Waals surface area (Å²) < 4.78 is 16.9. The highest BCUT2D eigenvalue weighted by atomic mass is 35.5. The average molecular weight is 961 g/mol. The normalized spacial score (nSPS) is 17.3. The van der Waals surface area contributed by atoms with Crippen molar-refractivity contribution in [1.82, 2.24) is 20.2 Å². The number of nitrogens with zero attached hydrogens (tertiary/aromatic N) is 6. The van der Waals surface area contributed by atoms with Crippen molar-refractivity contribution in [3.8, 4) is 34.4 Å².